The quantitative estimate of drug-likeness (QED) is 0.124. The molecule has 1 saturated heterocycles. The number of carbonyl (C=O) groups excluding carboxylic acids is 1. The van der Waals surface area contributed by atoms with Gasteiger partial charge in [0.1, 0.15) is 0 Å². The van der Waals surface area contributed by atoms with Crippen LogP contribution >= 0.6 is 11.8 Å². The zero-order valence-corrected chi connectivity index (χ0v) is 24.3. The van der Waals surface area contributed by atoms with Crippen LogP contribution in [0.3, 0.4) is 0 Å². The third-order valence-corrected chi connectivity index (χ3v) is 8.32. The van der Waals surface area contributed by atoms with Crippen molar-refractivity contribution >= 4 is 17.9 Å². The van der Waals surface area contributed by atoms with Crippen molar-refractivity contribution in [2.24, 2.45) is 0 Å². The average molecular weight is 513 g/mol. The van der Waals surface area contributed by atoms with Crippen LogP contribution in [0.4, 0.5) is 4.79 Å². The van der Waals surface area contributed by atoms with Gasteiger partial charge in [-0.25, -0.2) is 9.80 Å². The van der Waals surface area contributed by atoms with Crippen LogP contribution < -0.4 is 5.43 Å². The molecule has 0 bridgehead atoms. The number of rotatable bonds is 25. The van der Waals surface area contributed by atoms with E-state index >= 15 is 0 Å². The Hall–Kier alpha value is -0.420. The number of nitrogens with one attached hydrogen (secondary N) is 1. The zero-order chi connectivity index (χ0) is 25.1. The number of carbonyl (C=O) groups is 1. The number of hydrazine groups is 1. The van der Waals surface area contributed by atoms with Gasteiger partial charge < -0.3 is 4.74 Å². The highest BCUT2D eigenvalue weighted by atomic mass is 32.2. The topological polar surface area (TPSA) is 41.6 Å². The van der Waals surface area contributed by atoms with Gasteiger partial charge in [0.25, 0.3) is 0 Å². The number of unbranched alkanes of at least 4 members (excludes halogenated alkanes) is 18. The van der Waals surface area contributed by atoms with Crippen molar-refractivity contribution in [3.63, 3.8) is 0 Å². The molecule has 1 amide bonds. The summed E-state index contributed by atoms with van der Waals surface area (Å²) in [5, 5.41) is 1.99. The molecule has 0 aliphatic carbocycles. The van der Waals surface area contributed by atoms with Gasteiger partial charge in [-0.1, -0.05) is 122 Å². The lowest BCUT2D eigenvalue weighted by Crippen LogP contribution is -2.45. The van der Waals surface area contributed by atoms with Gasteiger partial charge in [0.15, 0.2) is 0 Å². The standard InChI is InChI=1S/C30H60N2O2S/c1-2-3-4-5-6-7-8-9-10-11-12-13-14-15-17-23-28-35-29-24-18-16-22-27-34-30(33)31-32-25-20-19-21-26-32/h2-29H2,1H3,(H,31,33). The largest absolute Gasteiger partial charge is 0.449 e. The number of amides is 1. The van der Waals surface area contributed by atoms with Gasteiger partial charge >= 0.3 is 6.09 Å². The summed E-state index contributed by atoms with van der Waals surface area (Å²) in [7, 11) is 0. The molecule has 0 aromatic rings. The van der Waals surface area contributed by atoms with E-state index in [2.05, 4.69) is 24.1 Å². The van der Waals surface area contributed by atoms with Gasteiger partial charge in [0.2, 0.25) is 0 Å². The second kappa shape index (κ2) is 26.6. The van der Waals surface area contributed by atoms with Crippen LogP contribution in [0, 0.1) is 0 Å². The Balaban J connectivity index is 1.66. The monoisotopic (exact) mass is 512 g/mol. The SMILES string of the molecule is CCCCCCCCCCCCCCCCCCSCCCCCCOC(=O)NN1CCCCC1. The van der Waals surface area contributed by atoms with Crippen molar-refractivity contribution in [3.8, 4) is 0 Å². The first-order chi connectivity index (χ1) is 17.3. The molecule has 5 heteroatoms. The molecule has 1 heterocycles. The fourth-order valence-electron chi connectivity index (χ4n) is 4.85. The van der Waals surface area contributed by atoms with Crippen molar-refractivity contribution in [1.82, 2.24) is 10.4 Å². The highest BCUT2D eigenvalue weighted by Crippen LogP contribution is 2.15. The molecule has 0 radical (unpaired) electrons. The second-order valence-electron chi connectivity index (χ2n) is 10.6. The summed E-state index contributed by atoms with van der Waals surface area (Å²) < 4.78 is 5.29. The number of piperidine rings is 1. The van der Waals surface area contributed by atoms with Crippen LogP contribution in [-0.2, 0) is 4.74 Å². The summed E-state index contributed by atoms with van der Waals surface area (Å²) in [4.78, 5) is 11.8. The molecular formula is C30H60N2O2S. The van der Waals surface area contributed by atoms with Crippen molar-refractivity contribution in [1.29, 1.82) is 0 Å². The van der Waals surface area contributed by atoms with Gasteiger partial charge in [0, 0.05) is 13.1 Å². The number of thioether (sulfide) groups is 1. The Labute approximate surface area is 223 Å². The highest BCUT2D eigenvalue weighted by molar-refractivity contribution is 7.99. The summed E-state index contributed by atoms with van der Waals surface area (Å²) in [6.45, 7) is 4.74. The number of hydrogen-bond acceptors (Lipinski definition) is 4. The zero-order valence-electron chi connectivity index (χ0n) is 23.5. The maximum atomic E-state index is 11.8. The molecule has 1 N–H and O–H groups in total. The minimum absolute atomic E-state index is 0.277. The Morgan fingerprint density at radius 1 is 0.629 bits per heavy atom. The van der Waals surface area contributed by atoms with Crippen molar-refractivity contribution in [3.05, 3.63) is 0 Å². The first-order valence-electron chi connectivity index (χ1n) is 15.6. The van der Waals surface area contributed by atoms with E-state index in [1.807, 2.05) is 5.01 Å². The number of ether oxygens (including phenoxy) is 1. The number of hydrogen-bond donors (Lipinski definition) is 1. The fraction of sp³-hybridized carbons (Fsp3) is 0.967. The molecule has 0 unspecified atom stereocenters. The summed E-state index contributed by atoms with van der Waals surface area (Å²) in [6, 6.07) is 0. The van der Waals surface area contributed by atoms with Crippen LogP contribution in [0.15, 0.2) is 0 Å². The van der Waals surface area contributed by atoms with Gasteiger partial charge in [-0.05, 0) is 43.6 Å². The Morgan fingerprint density at radius 2 is 1.06 bits per heavy atom. The molecule has 1 aliphatic heterocycles. The van der Waals surface area contributed by atoms with E-state index in [-0.39, 0.29) is 6.09 Å². The van der Waals surface area contributed by atoms with Crippen molar-refractivity contribution < 1.29 is 9.53 Å². The molecule has 1 aliphatic rings. The van der Waals surface area contributed by atoms with Gasteiger partial charge in [-0.2, -0.15) is 11.8 Å². The normalized spacial score (nSPS) is 14.3. The smallest absolute Gasteiger partial charge is 0.421 e. The van der Waals surface area contributed by atoms with E-state index in [4.69, 9.17) is 4.74 Å². The fourth-order valence-corrected chi connectivity index (χ4v) is 5.87. The third-order valence-electron chi connectivity index (χ3n) is 7.16. The average Bonchev–Trinajstić information content (AvgIpc) is 2.87. The van der Waals surface area contributed by atoms with E-state index < -0.39 is 0 Å². The number of nitrogens with zero attached hydrogens (tertiary/aromatic N) is 1. The van der Waals surface area contributed by atoms with Gasteiger partial charge in [-0.15, -0.1) is 0 Å². The molecule has 4 nitrogen and oxygen atoms in total. The predicted molar refractivity (Wildman–Crippen MR) is 155 cm³/mol. The van der Waals surface area contributed by atoms with Crippen molar-refractivity contribution in [2.75, 3.05) is 31.2 Å². The van der Waals surface area contributed by atoms with Crippen molar-refractivity contribution in [2.45, 2.75) is 155 Å². The molecular weight excluding hydrogens is 452 g/mol. The minimum atomic E-state index is -0.277. The molecule has 0 atom stereocenters. The summed E-state index contributed by atoms with van der Waals surface area (Å²) in [6.07, 6.45) is 31.1. The summed E-state index contributed by atoms with van der Waals surface area (Å²) in [5.74, 6) is 2.62. The van der Waals surface area contributed by atoms with Crippen LogP contribution in [-0.4, -0.2) is 42.3 Å². The Morgan fingerprint density at radius 3 is 1.54 bits per heavy atom. The lowest BCUT2D eigenvalue weighted by molar-refractivity contribution is 0.0941. The lowest BCUT2D eigenvalue weighted by Gasteiger charge is -2.26. The lowest BCUT2D eigenvalue weighted by atomic mass is 10.0. The minimum Gasteiger partial charge on any atom is -0.449 e. The Kier molecular flexibility index (Phi) is 24.8. The molecule has 0 saturated carbocycles. The molecule has 1 rings (SSSR count). The maximum Gasteiger partial charge on any atom is 0.421 e. The molecule has 0 spiro atoms. The molecule has 1 fully saturated rings. The van der Waals surface area contributed by atoms with E-state index in [1.165, 1.54) is 134 Å². The predicted octanol–water partition coefficient (Wildman–Crippen LogP) is 9.67. The van der Waals surface area contributed by atoms with E-state index in [0.717, 1.165) is 38.8 Å². The first-order valence-corrected chi connectivity index (χ1v) is 16.7. The van der Waals surface area contributed by atoms with Gasteiger partial charge in [-0.3, -0.25) is 5.43 Å². The highest BCUT2D eigenvalue weighted by Gasteiger charge is 2.12. The van der Waals surface area contributed by atoms with E-state index in [9.17, 15) is 4.79 Å². The second-order valence-corrected chi connectivity index (χ2v) is 11.9. The van der Waals surface area contributed by atoms with Gasteiger partial charge in [0.05, 0.1) is 6.61 Å². The van der Waals surface area contributed by atoms with Crippen LogP contribution in [0.1, 0.15) is 155 Å². The van der Waals surface area contributed by atoms with E-state index in [1.54, 1.807) is 0 Å². The third kappa shape index (κ3) is 23.7. The van der Waals surface area contributed by atoms with Crippen LogP contribution in [0.5, 0.6) is 0 Å². The first kappa shape index (κ1) is 32.6. The molecule has 208 valence electrons. The molecule has 0 aromatic heterocycles. The van der Waals surface area contributed by atoms with Crippen LogP contribution in [0.2, 0.25) is 0 Å². The maximum absolute atomic E-state index is 11.8. The van der Waals surface area contributed by atoms with Crippen LogP contribution in [0.25, 0.3) is 0 Å². The summed E-state index contributed by atoms with van der Waals surface area (Å²) in [5.41, 5.74) is 2.85. The summed E-state index contributed by atoms with van der Waals surface area (Å²) >= 11 is 2.13. The Bertz CT molecular complexity index is 444. The molecule has 35 heavy (non-hydrogen) atoms. The van der Waals surface area contributed by atoms with E-state index in [0.29, 0.717) is 6.61 Å². The molecule has 0 aromatic carbocycles.